The van der Waals surface area contributed by atoms with Crippen LogP contribution >= 0.6 is 0 Å². The Morgan fingerprint density at radius 1 is 0.308 bits per heavy atom. The molecule has 0 fully saturated rings. The van der Waals surface area contributed by atoms with Gasteiger partial charge in [0.05, 0.1) is 85.1 Å². The van der Waals surface area contributed by atoms with Gasteiger partial charge in [0.2, 0.25) is 5.69 Å². The van der Waals surface area contributed by atoms with Gasteiger partial charge in [0.25, 0.3) is 0 Å². The van der Waals surface area contributed by atoms with E-state index in [9.17, 15) is 11.8 Å². The lowest BCUT2D eigenvalue weighted by molar-refractivity contribution is 1.00. The molecule has 0 aliphatic carbocycles. The van der Waals surface area contributed by atoms with Crippen LogP contribution in [0.3, 0.4) is 0 Å². The molecule has 0 spiro atoms. The van der Waals surface area contributed by atoms with Gasteiger partial charge >= 0.3 is 0 Å². The van der Waals surface area contributed by atoms with E-state index in [0.717, 1.165) is 95.6 Å². The summed E-state index contributed by atoms with van der Waals surface area (Å²) in [4.78, 5) is 5.02. The second-order valence-corrected chi connectivity index (χ2v) is 28.1. The first-order chi connectivity index (χ1) is 42.9. The van der Waals surface area contributed by atoms with Crippen LogP contribution in [0.1, 0.15) is 168 Å². The average molecular weight is 1200 g/mol. The van der Waals surface area contributed by atoms with E-state index in [0.29, 0.717) is 11.3 Å². The predicted molar refractivity (Wildman–Crippen MR) is 392 cm³/mol. The van der Waals surface area contributed by atoms with Crippen molar-refractivity contribution in [3.8, 4) is 28.8 Å². The van der Waals surface area contributed by atoms with Crippen LogP contribution in [0.4, 0.5) is 5.69 Å². The molecule has 0 unspecified atom stereocenters. The van der Waals surface area contributed by atoms with Gasteiger partial charge in [-0.15, -0.1) is 0 Å². The van der Waals surface area contributed by atoms with Crippen LogP contribution in [0.2, 0.25) is 0 Å². The van der Waals surface area contributed by atoms with Gasteiger partial charge in [-0.05, 0) is 355 Å². The normalized spacial score (nSPS) is 12.2. The molecule has 6 nitrogen and oxygen atoms in total. The molecular weight excluding hydrogens is 1100 g/mol. The molecule has 4 heterocycles. The average Bonchev–Trinajstić information content (AvgIpc) is 1.56. The Morgan fingerprint density at radius 2 is 0.615 bits per heavy atom. The predicted octanol–water partition coefficient (Wildman–Crippen LogP) is 23.4. The van der Waals surface area contributed by atoms with Crippen molar-refractivity contribution >= 4 is 92.9 Å². The zero-order valence-electron chi connectivity index (χ0n) is 59.7. The highest BCUT2D eigenvalue weighted by Gasteiger charge is 2.39. The molecule has 0 aliphatic rings. The monoisotopic (exact) mass is 1190 g/mol. The largest absolute Gasteiger partial charge is 0.316 e. The minimum Gasteiger partial charge on any atom is -0.316 e. The second kappa shape index (κ2) is 20.3. The Balaban J connectivity index is 1.56. The van der Waals surface area contributed by atoms with E-state index in [1.54, 1.807) is 0 Å². The Hall–Kier alpha value is -8.84. The zero-order chi connectivity index (χ0) is 66.1. The number of aryl methyl sites for hydroxylation is 18. The van der Waals surface area contributed by atoms with Gasteiger partial charge in [-0.3, -0.25) is 0 Å². The van der Waals surface area contributed by atoms with Crippen molar-refractivity contribution in [2.24, 2.45) is 0 Å². The van der Waals surface area contributed by atoms with E-state index in [4.69, 9.17) is 4.85 Å². The lowest BCUT2D eigenvalue weighted by Gasteiger charge is -2.30. The zero-order valence-corrected chi connectivity index (χ0v) is 59.7. The molecule has 6 heteroatoms. The summed E-state index contributed by atoms with van der Waals surface area (Å²) in [5.74, 6) is 0. The van der Waals surface area contributed by atoms with Crippen LogP contribution in [0.25, 0.3) is 115 Å². The third-order valence-electron chi connectivity index (χ3n) is 24.4. The topological polar surface area (TPSA) is 47.9 Å². The maximum Gasteiger partial charge on any atom is 0.232 e. The van der Waals surface area contributed by atoms with E-state index in [1.807, 2.05) is 0 Å². The molecule has 91 heavy (non-hydrogen) atoms. The Bertz CT molecular complexity index is 5670. The third kappa shape index (κ3) is 7.40. The van der Waals surface area contributed by atoms with Gasteiger partial charge < -0.3 is 18.3 Å². The number of rotatable bonds is 5. The molecule has 0 saturated carbocycles. The van der Waals surface area contributed by atoms with Crippen molar-refractivity contribution in [1.29, 1.82) is 5.26 Å². The van der Waals surface area contributed by atoms with Crippen molar-refractivity contribution < 1.29 is 0 Å². The SMILES string of the molecule is [C-]#[N+]c1c(C#N)c(-n2c3c(C)c(C)c(C)c(C)c3c3c(C)c(C)c(C)c(C)c32)c(-n2c3c(C)cc(C)c(C)c3c3c(C)c(C)c(C)c(C)c32)c(-n2c3ccc(C)c(C)c3c3c(C)c(C)cc(C)c32)c1-n1c2c(C)c(C)c(C)c(C)c2c2c(C)c(C)c(CC)c(C)c21. The van der Waals surface area contributed by atoms with Gasteiger partial charge in [-0.2, -0.15) is 5.26 Å². The highest BCUT2D eigenvalue weighted by molar-refractivity contribution is 6.22. The number of hydrogen-bond acceptors (Lipinski definition) is 1. The van der Waals surface area contributed by atoms with Crippen molar-refractivity contribution in [3.63, 3.8) is 0 Å². The van der Waals surface area contributed by atoms with Gasteiger partial charge in [0.15, 0.2) is 0 Å². The lowest BCUT2D eigenvalue weighted by atomic mass is 9.89. The van der Waals surface area contributed by atoms with Crippen LogP contribution in [-0.4, -0.2) is 18.3 Å². The summed E-state index contributed by atoms with van der Waals surface area (Å²) < 4.78 is 10.4. The summed E-state index contributed by atoms with van der Waals surface area (Å²) in [6.07, 6.45) is 0.839. The highest BCUT2D eigenvalue weighted by atomic mass is 15.2. The third-order valence-corrected chi connectivity index (χ3v) is 24.4. The first-order valence-electron chi connectivity index (χ1n) is 33.0. The first kappa shape index (κ1) is 61.0. The first-order valence-corrected chi connectivity index (χ1v) is 33.0. The van der Waals surface area contributed by atoms with Crippen LogP contribution in [-0.2, 0) is 6.42 Å². The molecule has 13 aromatic rings. The maximum absolute atomic E-state index is 13.2. The van der Waals surface area contributed by atoms with E-state index in [1.165, 1.54) is 177 Å². The summed E-state index contributed by atoms with van der Waals surface area (Å²) in [6, 6.07) is 12.5. The van der Waals surface area contributed by atoms with Crippen LogP contribution in [0.5, 0.6) is 0 Å². The molecule has 0 radical (unpaired) electrons. The molecule has 0 N–H and O–H groups in total. The van der Waals surface area contributed by atoms with Crippen LogP contribution in [0.15, 0.2) is 24.3 Å². The number of nitriles is 1. The van der Waals surface area contributed by atoms with Crippen molar-refractivity contribution in [1.82, 2.24) is 18.3 Å². The highest BCUT2D eigenvalue weighted by Crippen LogP contribution is 2.57. The maximum atomic E-state index is 13.2. The Kier molecular flexibility index (Phi) is 13.6. The summed E-state index contributed by atoms with van der Waals surface area (Å²) in [7, 11) is 0. The quantitative estimate of drug-likeness (QED) is 0.158. The van der Waals surface area contributed by atoms with Gasteiger partial charge in [-0.1, -0.05) is 25.1 Å². The Morgan fingerprint density at radius 3 is 1.00 bits per heavy atom. The molecular formula is C85H90N6. The van der Waals surface area contributed by atoms with Crippen molar-refractivity contribution in [2.45, 2.75) is 200 Å². The van der Waals surface area contributed by atoms with E-state index < -0.39 is 0 Å². The van der Waals surface area contributed by atoms with Gasteiger partial charge in [-0.25, -0.2) is 4.85 Å². The van der Waals surface area contributed by atoms with Crippen molar-refractivity contribution in [2.75, 3.05) is 0 Å². The van der Waals surface area contributed by atoms with Crippen LogP contribution < -0.4 is 0 Å². The summed E-state index contributed by atoms with van der Waals surface area (Å²) in [5, 5.41) is 22.9. The Labute approximate surface area is 539 Å². The summed E-state index contributed by atoms with van der Waals surface area (Å²) >= 11 is 0. The fraction of sp³-hybridized carbons (Fsp3) is 0.341. The molecule has 9 aromatic carbocycles. The van der Waals surface area contributed by atoms with Crippen molar-refractivity contribution in [3.05, 3.63) is 197 Å². The molecule has 0 bridgehead atoms. The molecule has 460 valence electrons. The summed E-state index contributed by atoms with van der Waals surface area (Å²) in [5.41, 5.74) is 47.0. The molecule has 0 aliphatic heterocycles. The number of fused-ring (bicyclic) bond motifs is 12. The molecule has 13 rings (SSSR count). The number of aromatic nitrogens is 4. The standard InChI is InChI=1S/C85H90N6/c1-30-63-52(18)57(23)73-72-56(22)47(13)51(17)61(27)80(72)91(81(73)62(63)28)83-74(87-29)64(35-86)82(90-78-59(25)49(15)45(11)54(20)70(78)71-55(21)46(12)50(16)60(26)79(71)90)84(85(83)88-65-32-31-36(2)41(7)66(65)67-42(8)37(3)33-39(5)75(67)88)89-76-40(6)34-38(4)43(9)68(76)69-53(19)44(10)48(14)58(24)77(69)89/h31-34H,30H2,1-28H3. The number of benzene rings is 9. The van der Waals surface area contributed by atoms with E-state index in [2.05, 4.69) is 242 Å². The van der Waals surface area contributed by atoms with Crippen LogP contribution in [0, 0.1) is 205 Å². The summed E-state index contributed by atoms with van der Waals surface area (Å²) in [6.45, 7) is 74.7. The van der Waals surface area contributed by atoms with Gasteiger partial charge in [0, 0.05) is 43.1 Å². The smallest absolute Gasteiger partial charge is 0.232 e. The molecule has 0 saturated heterocycles. The second-order valence-electron chi connectivity index (χ2n) is 28.1. The molecule has 4 aromatic heterocycles. The molecule has 0 amide bonds. The minimum absolute atomic E-state index is 0.331. The number of nitrogens with zero attached hydrogens (tertiary/aromatic N) is 6. The molecule has 0 atom stereocenters. The minimum atomic E-state index is 0.331. The van der Waals surface area contributed by atoms with E-state index in [-0.39, 0.29) is 0 Å². The van der Waals surface area contributed by atoms with Gasteiger partial charge in [0.1, 0.15) is 0 Å². The fourth-order valence-corrected chi connectivity index (χ4v) is 17.6. The fourth-order valence-electron chi connectivity index (χ4n) is 17.6. The lowest BCUT2D eigenvalue weighted by Crippen LogP contribution is -2.17. The number of hydrogen-bond donors (Lipinski definition) is 0. The van der Waals surface area contributed by atoms with E-state index >= 15 is 0 Å².